The van der Waals surface area contributed by atoms with E-state index in [1.54, 1.807) is 40.0 Å². The van der Waals surface area contributed by atoms with Gasteiger partial charge in [0.15, 0.2) is 0 Å². The lowest BCUT2D eigenvalue weighted by Gasteiger charge is -2.20. The second-order valence-electron chi connectivity index (χ2n) is 9.94. The summed E-state index contributed by atoms with van der Waals surface area (Å²) >= 11 is 0. The summed E-state index contributed by atoms with van der Waals surface area (Å²) < 4.78 is 11.0. The molecule has 0 saturated carbocycles. The second kappa shape index (κ2) is 9.30. The van der Waals surface area contributed by atoms with Crippen LogP contribution in [0.5, 0.6) is 5.75 Å². The largest absolute Gasteiger partial charge is 0.496 e. The molecule has 1 aliphatic rings. The van der Waals surface area contributed by atoms with Crippen molar-refractivity contribution < 1.29 is 19.1 Å². The number of nitrogens with one attached hydrogen (secondary N) is 2. The third-order valence-electron chi connectivity index (χ3n) is 5.38. The van der Waals surface area contributed by atoms with E-state index in [-0.39, 0.29) is 17.7 Å². The Labute approximate surface area is 196 Å². The first-order chi connectivity index (χ1) is 15.4. The van der Waals surface area contributed by atoms with Crippen molar-refractivity contribution in [2.24, 2.45) is 0 Å². The Morgan fingerprint density at radius 2 is 1.64 bits per heavy atom. The van der Waals surface area contributed by atoms with E-state index in [4.69, 9.17) is 9.47 Å². The van der Waals surface area contributed by atoms with Crippen LogP contribution in [0.15, 0.2) is 30.3 Å². The third-order valence-corrected chi connectivity index (χ3v) is 5.38. The first kappa shape index (κ1) is 24.4. The SMILES string of the molecule is COc1c(C(C)C)cc(C=C2C(=O)Nc3cc(NC(=O)OC(C)(C)C)ccc32)cc1C(C)C. The lowest BCUT2D eigenvalue weighted by molar-refractivity contribution is -0.110. The van der Waals surface area contributed by atoms with E-state index < -0.39 is 11.7 Å². The van der Waals surface area contributed by atoms with Crippen molar-refractivity contribution in [2.75, 3.05) is 17.7 Å². The lowest BCUT2D eigenvalue weighted by atomic mass is 9.90. The minimum atomic E-state index is -0.590. The Kier molecular flexibility index (Phi) is 6.86. The Morgan fingerprint density at radius 3 is 2.15 bits per heavy atom. The van der Waals surface area contributed by atoms with Crippen LogP contribution in [0.4, 0.5) is 16.2 Å². The van der Waals surface area contributed by atoms with Crippen molar-refractivity contribution in [3.8, 4) is 5.75 Å². The average Bonchev–Trinajstić information content (AvgIpc) is 3.00. The van der Waals surface area contributed by atoms with Gasteiger partial charge in [-0.05, 0) is 79.6 Å². The number of carbonyl (C=O) groups is 2. The Balaban J connectivity index is 1.97. The van der Waals surface area contributed by atoms with Gasteiger partial charge in [0, 0.05) is 16.8 Å². The summed E-state index contributed by atoms with van der Waals surface area (Å²) in [6.07, 6.45) is 1.38. The highest BCUT2D eigenvalue weighted by Crippen LogP contribution is 2.39. The van der Waals surface area contributed by atoms with Crippen LogP contribution in [-0.2, 0) is 9.53 Å². The number of ether oxygens (including phenoxy) is 2. The molecule has 3 rings (SSSR count). The second-order valence-corrected chi connectivity index (χ2v) is 9.94. The molecule has 2 N–H and O–H groups in total. The summed E-state index contributed by atoms with van der Waals surface area (Å²) in [6.45, 7) is 14.0. The topological polar surface area (TPSA) is 76.7 Å². The molecule has 0 atom stereocenters. The van der Waals surface area contributed by atoms with Gasteiger partial charge in [0.25, 0.3) is 5.91 Å². The van der Waals surface area contributed by atoms with Gasteiger partial charge in [-0.15, -0.1) is 0 Å². The Morgan fingerprint density at radius 1 is 1.03 bits per heavy atom. The van der Waals surface area contributed by atoms with E-state index in [1.807, 2.05) is 12.1 Å². The van der Waals surface area contributed by atoms with Crippen LogP contribution in [0.2, 0.25) is 0 Å². The zero-order chi connectivity index (χ0) is 24.5. The van der Waals surface area contributed by atoms with Crippen LogP contribution in [0, 0.1) is 0 Å². The predicted octanol–water partition coefficient (Wildman–Crippen LogP) is 6.78. The molecule has 0 radical (unpaired) electrons. The number of carbonyl (C=O) groups excluding carboxylic acids is 2. The number of fused-ring (bicyclic) bond motifs is 1. The molecular formula is C27H34N2O4. The van der Waals surface area contributed by atoms with Gasteiger partial charge < -0.3 is 14.8 Å². The maximum atomic E-state index is 12.8. The first-order valence-corrected chi connectivity index (χ1v) is 11.3. The van der Waals surface area contributed by atoms with E-state index in [2.05, 4.69) is 50.5 Å². The van der Waals surface area contributed by atoms with E-state index in [0.29, 0.717) is 16.9 Å². The van der Waals surface area contributed by atoms with Gasteiger partial charge in [-0.3, -0.25) is 10.1 Å². The van der Waals surface area contributed by atoms with Gasteiger partial charge in [0.1, 0.15) is 11.4 Å². The smallest absolute Gasteiger partial charge is 0.412 e. The highest BCUT2D eigenvalue weighted by Gasteiger charge is 2.26. The quantitative estimate of drug-likeness (QED) is 0.492. The molecule has 0 aliphatic carbocycles. The van der Waals surface area contributed by atoms with Gasteiger partial charge in [0.2, 0.25) is 0 Å². The standard InChI is InChI=1S/C27H34N2O4/c1-15(2)20-11-17(12-21(16(3)4)24(20)32-8)13-22-19-10-9-18(14-23(19)29-25(22)30)28-26(31)33-27(5,6)7/h9-16H,1-8H3,(H,28,31)(H,29,30). The van der Waals surface area contributed by atoms with E-state index in [1.165, 1.54) is 0 Å². The molecular weight excluding hydrogens is 416 g/mol. The van der Waals surface area contributed by atoms with Gasteiger partial charge >= 0.3 is 6.09 Å². The Hall–Kier alpha value is -3.28. The van der Waals surface area contributed by atoms with E-state index in [9.17, 15) is 9.59 Å². The minimum absolute atomic E-state index is 0.174. The van der Waals surface area contributed by atoms with Gasteiger partial charge in [-0.2, -0.15) is 0 Å². The fourth-order valence-corrected chi connectivity index (χ4v) is 3.88. The van der Waals surface area contributed by atoms with Gasteiger partial charge in [-0.1, -0.05) is 33.8 Å². The van der Waals surface area contributed by atoms with Crippen molar-refractivity contribution in [1.82, 2.24) is 0 Å². The summed E-state index contributed by atoms with van der Waals surface area (Å²) in [5, 5.41) is 5.62. The van der Waals surface area contributed by atoms with Gasteiger partial charge in [-0.25, -0.2) is 4.79 Å². The molecule has 0 fully saturated rings. The van der Waals surface area contributed by atoms with Crippen LogP contribution in [0.1, 0.15) is 82.6 Å². The highest BCUT2D eigenvalue weighted by molar-refractivity contribution is 6.35. The van der Waals surface area contributed by atoms with E-state index >= 15 is 0 Å². The fraction of sp³-hybridized carbons (Fsp3) is 0.407. The number of amides is 2. The number of hydrogen-bond acceptors (Lipinski definition) is 4. The molecule has 2 aromatic rings. The monoisotopic (exact) mass is 450 g/mol. The molecule has 0 saturated heterocycles. The maximum absolute atomic E-state index is 12.8. The van der Waals surface area contributed by atoms with Crippen LogP contribution in [-0.4, -0.2) is 24.7 Å². The molecule has 1 heterocycles. The molecule has 33 heavy (non-hydrogen) atoms. The molecule has 0 spiro atoms. The van der Waals surface area contributed by atoms with Crippen molar-refractivity contribution in [3.05, 3.63) is 52.6 Å². The van der Waals surface area contributed by atoms with Crippen molar-refractivity contribution in [2.45, 2.75) is 65.9 Å². The molecule has 1 aliphatic heterocycles. The number of methoxy groups -OCH3 is 1. The van der Waals surface area contributed by atoms with Crippen LogP contribution in [0.25, 0.3) is 11.6 Å². The predicted molar refractivity (Wildman–Crippen MR) is 134 cm³/mol. The van der Waals surface area contributed by atoms with Gasteiger partial charge in [0.05, 0.1) is 12.8 Å². The molecule has 0 aromatic heterocycles. The number of rotatable bonds is 5. The highest BCUT2D eigenvalue weighted by atomic mass is 16.6. The lowest BCUT2D eigenvalue weighted by Crippen LogP contribution is -2.27. The molecule has 176 valence electrons. The van der Waals surface area contributed by atoms with Crippen LogP contribution < -0.4 is 15.4 Å². The molecule has 0 bridgehead atoms. The molecule has 0 unspecified atom stereocenters. The number of benzene rings is 2. The van der Waals surface area contributed by atoms with Crippen LogP contribution in [0.3, 0.4) is 0 Å². The molecule has 2 aromatic carbocycles. The summed E-state index contributed by atoms with van der Waals surface area (Å²) in [7, 11) is 1.70. The summed E-state index contributed by atoms with van der Waals surface area (Å²) in [6, 6.07) is 9.52. The maximum Gasteiger partial charge on any atom is 0.412 e. The fourth-order valence-electron chi connectivity index (χ4n) is 3.88. The molecule has 6 heteroatoms. The van der Waals surface area contributed by atoms with E-state index in [0.717, 1.165) is 28.0 Å². The zero-order valence-electron chi connectivity index (χ0n) is 20.8. The molecule has 2 amide bonds. The minimum Gasteiger partial charge on any atom is -0.496 e. The first-order valence-electron chi connectivity index (χ1n) is 11.3. The Bertz CT molecular complexity index is 1080. The summed E-state index contributed by atoms with van der Waals surface area (Å²) in [4.78, 5) is 24.9. The molecule has 6 nitrogen and oxygen atoms in total. The van der Waals surface area contributed by atoms with Crippen molar-refractivity contribution in [1.29, 1.82) is 0 Å². The number of anilines is 2. The average molecular weight is 451 g/mol. The van der Waals surface area contributed by atoms with Crippen LogP contribution >= 0.6 is 0 Å². The number of hydrogen-bond donors (Lipinski definition) is 2. The van der Waals surface area contributed by atoms with Crippen molar-refractivity contribution >= 4 is 35.0 Å². The zero-order valence-corrected chi connectivity index (χ0v) is 20.8. The summed E-state index contributed by atoms with van der Waals surface area (Å²) in [5.74, 6) is 1.30. The third kappa shape index (κ3) is 5.56. The van der Waals surface area contributed by atoms with Crippen molar-refractivity contribution in [3.63, 3.8) is 0 Å². The normalized spacial score (nSPS) is 14.5. The summed E-state index contributed by atoms with van der Waals surface area (Å²) in [5.41, 5.74) is 5.19.